The lowest BCUT2D eigenvalue weighted by molar-refractivity contribution is 0.121. The number of carbonyl (C=O) groups is 1. The summed E-state index contributed by atoms with van der Waals surface area (Å²) >= 11 is 1.89. The van der Waals surface area contributed by atoms with Crippen LogP contribution >= 0.6 is 22.6 Å². The first kappa shape index (κ1) is 11.6. The maximum absolute atomic E-state index is 13.6. The van der Waals surface area contributed by atoms with Gasteiger partial charge in [0, 0.05) is 13.1 Å². The summed E-state index contributed by atoms with van der Waals surface area (Å²) < 4.78 is 15.4. The van der Waals surface area contributed by atoms with Gasteiger partial charge in [-0.3, -0.25) is 0 Å². The number of halogens is 2. The second-order valence-corrected chi connectivity index (χ2v) is 4.89. The van der Waals surface area contributed by atoms with Crippen molar-refractivity contribution in [3.63, 3.8) is 0 Å². The highest BCUT2D eigenvalue weighted by Gasteiger charge is 2.25. The topological polar surface area (TPSA) is 58.4 Å². The Hall–Kier alpha value is -0.860. The van der Waals surface area contributed by atoms with Crippen LogP contribution in [0.25, 0.3) is 0 Å². The number of nitrogens with zero attached hydrogens (tertiary/aromatic N) is 3. The summed E-state index contributed by atoms with van der Waals surface area (Å²) in [5.74, 6) is -0.325. The molecule has 0 aliphatic carbocycles. The quantitative estimate of drug-likeness (QED) is 0.796. The molecule has 1 aromatic rings. The standard InChI is InChI=1S/C9H11FIN3O2/c10-8-7(11)5-12-14(8)6-1-3-13(4-2-6)9(15)16/h5-6H,1-4H2,(H,15,16). The number of aromatic nitrogens is 2. The molecule has 1 aliphatic rings. The summed E-state index contributed by atoms with van der Waals surface area (Å²) in [6, 6.07) is -0.0286. The van der Waals surface area contributed by atoms with Crippen molar-refractivity contribution >= 4 is 28.7 Å². The first-order valence-electron chi connectivity index (χ1n) is 4.96. The molecule has 1 saturated heterocycles. The minimum absolute atomic E-state index is 0.0286. The van der Waals surface area contributed by atoms with Crippen molar-refractivity contribution in [2.45, 2.75) is 18.9 Å². The SMILES string of the molecule is O=C(O)N1CCC(n2ncc(I)c2F)CC1. The third-order valence-electron chi connectivity index (χ3n) is 2.77. The predicted octanol–water partition coefficient (Wildman–Crippen LogP) is 1.94. The van der Waals surface area contributed by atoms with Gasteiger partial charge < -0.3 is 10.0 Å². The van der Waals surface area contributed by atoms with Crippen LogP contribution < -0.4 is 0 Å². The van der Waals surface area contributed by atoms with E-state index in [0.717, 1.165) is 0 Å². The second-order valence-electron chi connectivity index (χ2n) is 3.73. The Kier molecular flexibility index (Phi) is 3.31. The van der Waals surface area contributed by atoms with Crippen LogP contribution in [0.1, 0.15) is 18.9 Å². The monoisotopic (exact) mass is 339 g/mol. The lowest BCUT2D eigenvalue weighted by Gasteiger charge is -2.30. The summed E-state index contributed by atoms with van der Waals surface area (Å²) in [6.45, 7) is 0.881. The summed E-state index contributed by atoms with van der Waals surface area (Å²) in [5.41, 5.74) is 0. The van der Waals surface area contributed by atoms with Crippen LogP contribution in [-0.2, 0) is 0 Å². The van der Waals surface area contributed by atoms with Crippen molar-refractivity contribution < 1.29 is 14.3 Å². The van der Waals surface area contributed by atoms with Gasteiger partial charge in [-0.05, 0) is 35.4 Å². The first-order valence-corrected chi connectivity index (χ1v) is 6.04. The van der Waals surface area contributed by atoms with Crippen LogP contribution in [0.2, 0.25) is 0 Å². The Morgan fingerprint density at radius 1 is 1.56 bits per heavy atom. The molecule has 0 saturated carbocycles. The molecule has 1 N–H and O–H groups in total. The average Bonchev–Trinajstić information content (AvgIpc) is 2.60. The lowest BCUT2D eigenvalue weighted by Crippen LogP contribution is -2.38. The highest BCUT2D eigenvalue weighted by Crippen LogP contribution is 2.24. The molecule has 7 heteroatoms. The van der Waals surface area contributed by atoms with Crippen molar-refractivity contribution in [2.24, 2.45) is 0 Å². The van der Waals surface area contributed by atoms with E-state index in [1.54, 1.807) is 0 Å². The van der Waals surface area contributed by atoms with Crippen molar-refractivity contribution in [1.29, 1.82) is 0 Å². The number of piperidine rings is 1. The van der Waals surface area contributed by atoms with E-state index in [2.05, 4.69) is 5.10 Å². The predicted molar refractivity (Wildman–Crippen MR) is 62.8 cm³/mol. The molecule has 1 aliphatic heterocycles. The van der Waals surface area contributed by atoms with Gasteiger partial charge in [-0.1, -0.05) is 0 Å². The number of hydrogen-bond acceptors (Lipinski definition) is 2. The molecular weight excluding hydrogens is 328 g/mol. The molecule has 2 rings (SSSR count). The van der Waals surface area contributed by atoms with Crippen LogP contribution in [0, 0.1) is 9.52 Å². The second kappa shape index (κ2) is 4.56. The number of rotatable bonds is 1. The molecule has 16 heavy (non-hydrogen) atoms. The Bertz CT molecular complexity index is 401. The average molecular weight is 339 g/mol. The van der Waals surface area contributed by atoms with Crippen LogP contribution in [0.15, 0.2) is 6.20 Å². The zero-order valence-corrected chi connectivity index (χ0v) is 10.6. The van der Waals surface area contributed by atoms with Crippen molar-refractivity contribution in [2.75, 3.05) is 13.1 Å². The van der Waals surface area contributed by atoms with E-state index in [1.165, 1.54) is 15.8 Å². The molecule has 0 radical (unpaired) electrons. The van der Waals surface area contributed by atoms with E-state index in [9.17, 15) is 9.18 Å². The molecule has 0 spiro atoms. The molecule has 2 heterocycles. The van der Waals surface area contributed by atoms with Crippen LogP contribution in [0.3, 0.4) is 0 Å². The number of carboxylic acid groups (broad SMARTS) is 1. The Morgan fingerprint density at radius 2 is 2.19 bits per heavy atom. The minimum Gasteiger partial charge on any atom is -0.465 e. The number of likely N-dealkylation sites (tertiary alicyclic amines) is 1. The van der Waals surface area contributed by atoms with Crippen molar-refractivity contribution in [3.05, 3.63) is 15.7 Å². The molecular formula is C9H11FIN3O2. The normalized spacial score (nSPS) is 17.8. The van der Waals surface area contributed by atoms with Gasteiger partial charge in [0.2, 0.25) is 5.95 Å². The number of hydrogen-bond donors (Lipinski definition) is 1. The first-order chi connectivity index (χ1) is 7.59. The zero-order valence-electron chi connectivity index (χ0n) is 8.44. The Morgan fingerprint density at radius 3 is 2.62 bits per heavy atom. The fourth-order valence-electron chi connectivity index (χ4n) is 1.88. The molecule has 1 fully saturated rings. The summed E-state index contributed by atoms with van der Waals surface area (Å²) in [6.07, 6.45) is 1.80. The summed E-state index contributed by atoms with van der Waals surface area (Å²) in [4.78, 5) is 12.0. The highest BCUT2D eigenvalue weighted by molar-refractivity contribution is 14.1. The van der Waals surface area contributed by atoms with Crippen LogP contribution in [0.4, 0.5) is 9.18 Å². The zero-order chi connectivity index (χ0) is 11.7. The van der Waals surface area contributed by atoms with Gasteiger partial charge in [-0.25, -0.2) is 9.48 Å². The molecule has 1 amide bonds. The third kappa shape index (κ3) is 2.13. The molecule has 5 nitrogen and oxygen atoms in total. The molecule has 88 valence electrons. The van der Waals surface area contributed by atoms with Gasteiger partial charge in [0.05, 0.1) is 15.8 Å². The van der Waals surface area contributed by atoms with Crippen molar-refractivity contribution in [1.82, 2.24) is 14.7 Å². The fraction of sp³-hybridized carbons (Fsp3) is 0.556. The number of amides is 1. The summed E-state index contributed by atoms with van der Waals surface area (Å²) in [7, 11) is 0. The summed E-state index contributed by atoms with van der Waals surface area (Å²) in [5, 5.41) is 12.8. The van der Waals surface area contributed by atoms with E-state index in [1.807, 2.05) is 22.6 Å². The molecule has 0 aromatic carbocycles. The van der Waals surface area contributed by atoms with E-state index < -0.39 is 6.09 Å². The van der Waals surface area contributed by atoms with Gasteiger partial charge in [0.15, 0.2) is 0 Å². The van der Waals surface area contributed by atoms with Gasteiger partial charge in [-0.2, -0.15) is 9.49 Å². The minimum atomic E-state index is -0.908. The largest absolute Gasteiger partial charge is 0.465 e. The molecule has 0 unspecified atom stereocenters. The van der Waals surface area contributed by atoms with E-state index in [0.29, 0.717) is 29.5 Å². The van der Waals surface area contributed by atoms with E-state index in [4.69, 9.17) is 5.11 Å². The highest BCUT2D eigenvalue weighted by atomic mass is 127. The Labute approximate surface area is 105 Å². The molecule has 1 aromatic heterocycles. The third-order valence-corrected chi connectivity index (χ3v) is 3.50. The maximum atomic E-state index is 13.6. The fourth-order valence-corrected chi connectivity index (χ4v) is 2.25. The van der Waals surface area contributed by atoms with Gasteiger partial charge in [0.25, 0.3) is 0 Å². The van der Waals surface area contributed by atoms with E-state index in [-0.39, 0.29) is 12.0 Å². The van der Waals surface area contributed by atoms with Crippen LogP contribution in [-0.4, -0.2) is 39.0 Å². The van der Waals surface area contributed by atoms with Gasteiger partial charge in [-0.15, -0.1) is 0 Å². The lowest BCUT2D eigenvalue weighted by atomic mass is 10.1. The van der Waals surface area contributed by atoms with Crippen molar-refractivity contribution in [3.8, 4) is 0 Å². The molecule has 0 bridgehead atoms. The maximum Gasteiger partial charge on any atom is 0.407 e. The van der Waals surface area contributed by atoms with Gasteiger partial charge in [0.1, 0.15) is 0 Å². The van der Waals surface area contributed by atoms with Crippen LogP contribution in [0.5, 0.6) is 0 Å². The van der Waals surface area contributed by atoms with E-state index >= 15 is 0 Å². The van der Waals surface area contributed by atoms with Gasteiger partial charge >= 0.3 is 6.09 Å². The molecule has 0 atom stereocenters. The Balaban J connectivity index is 2.04. The smallest absolute Gasteiger partial charge is 0.407 e.